The zero-order valence-corrected chi connectivity index (χ0v) is 16.2. The summed E-state index contributed by atoms with van der Waals surface area (Å²) in [5, 5.41) is 26.5. The van der Waals surface area contributed by atoms with Crippen LogP contribution >= 0.6 is 0 Å². The Morgan fingerprint density at radius 2 is 1.80 bits per heavy atom. The molecular weight excluding hydrogens is 392 g/mol. The second-order valence-electron chi connectivity index (χ2n) is 6.65. The van der Waals surface area contributed by atoms with Crippen LogP contribution in [0, 0.1) is 24.0 Å². The Kier molecular flexibility index (Phi) is 5.77. The molecule has 3 rings (SSSR count). The first-order valence-electron chi connectivity index (χ1n) is 8.82. The van der Waals surface area contributed by atoms with E-state index in [-0.39, 0.29) is 29.4 Å². The van der Waals surface area contributed by atoms with Crippen molar-refractivity contribution in [1.82, 2.24) is 9.78 Å². The van der Waals surface area contributed by atoms with Gasteiger partial charge in [0.25, 0.3) is 5.69 Å². The number of benzene rings is 2. The summed E-state index contributed by atoms with van der Waals surface area (Å²) in [4.78, 5) is 33.8. The van der Waals surface area contributed by atoms with E-state index in [1.54, 1.807) is 12.1 Å². The average molecular weight is 410 g/mol. The van der Waals surface area contributed by atoms with Crippen molar-refractivity contribution in [2.75, 3.05) is 5.32 Å². The molecule has 10 heteroatoms. The number of nitrogens with zero attached hydrogens (tertiary/aromatic N) is 3. The zero-order chi connectivity index (χ0) is 21.8. The van der Waals surface area contributed by atoms with Crippen LogP contribution in [0.4, 0.5) is 11.4 Å². The van der Waals surface area contributed by atoms with Gasteiger partial charge in [-0.25, -0.2) is 4.79 Å². The van der Waals surface area contributed by atoms with Gasteiger partial charge in [0, 0.05) is 18.3 Å². The van der Waals surface area contributed by atoms with Gasteiger partial charge in [-0.3, -0.25) is 19.6 Å². The predicted molar refractivity (Wildman–Crippen MR) is 107 cm³/mol. The average Bonchev–Trinajstić information content (AvgIpc) is 3.09. The van der Waals surface area contributed by atoms with E-state index in [1.165, 1.54) is 30.5 Å². The number of carboxylic acid groups (broad SMARTS) is 1. The molecule has 1 heterocycles. The molecule has 2 aromatic carbocycles. The lowest BCUT2D eigenvalue weighted by molar-refractivity contribution is -0.384. The van der Waals surface area contributed by atoms with Crippen LogP contribution in [0.1, 0.15) is 21.6 Å². The Morgan fingerprint density at radius 1 is 1.13 bits per heavy atom. The number of hydrogen-bond donors (Lipinski definition) is 2. The lowest BCUT2D eigenvalue weighted by Crippen LogP contribution is -2.19. The molecule has 0 atom stereocenters. The van der Waals surface area contributed by atoms with E-state index in [4.69, 9.17) is 9.84 Å². The number of aromatic nitrogens is 2. The van der Waals surface area contributed by atoms with E-state index in [1.807, 2.05) is 19.9 Å². The fourth-order valence-electron chi connectivity index (χ4n) is 2.86. The van der Waals surface area contributed by atoms with Gasteiger partial charge in [-0.2, -0.15) is 5.10 Å². The minimum atomic E-state index is -1.21. The van der Waals surface area contributed by atoms with Gasteiger partial charge in [0.15, 0.2) is 5.69 Å². The highest BCUT2D eigenvalue weighted by atomic mass is 16.6. The molecule has 10 nitrogen and oxygen atoms in total. The number of aryl methyl sites for hydroxylation is 2. The number of aromatic carboxylic acids is 1. The third-order valence-corrected chi connectivity index (χ3v) is 3.98. The minimum Gasteiger partial charge on any atom is -0.476 e. The summed E-state index contributed by atoms with van der Waals surface area (Å²) in [7, 11) is 0. The van der Waals surface area contributed by atoms with Crippen LogP contribution in [0.3, 0.4) is 0 Å². The van der Waals surface area contributed by atoms with Crippen molar-refractivity contribution in [3.05, 3.63) is 75.6 Å². The number of rotatable bonds is 7. The normalized spacial score (nSPS) is 10.5. The van der Waals surface area contributed by atoms with Gasteiger partial charge in [0.05, 0.1) is 16.7 Å². The summed E-state index contributed by atoms with van der Waals surface area (Å²) in [5.74, 6) is -1.03. The quantitative estimate of drug-likeness (QED) is 0.449. The molecule has 2 N–H and O–H groups in total. The molecule has 0 saturated heterocycles. The van der Waals surface area contributed by atoms with E-state index in [0.717, 1.165) is 15.8 Å². The third-order valence-electron chi connectivity index (χ3n) is 3.98. The molecule has 0 aliphatic rings. The van der Waals surface area contributed by atoms with Crippen molar-refractivity contribution in [2.24, 2.45) is 0 Å². The third kappa shape index (κ3) is 5.19. The van der Waals surface area contributed by atoms with E-state index < -0.39 is 16.8 Å². The molecule has 0 bridgehead atoms. The number of carbonyl (C=O) groups is 2. The van der Waals surface area contributed by atoms with Gasteiger partial charge in [0.2, 0.25) is 5.91 Å². The zero-order valence-electron chi connectivity index (χ0n) is 16.2. The maximum atomic E-state index is 12.3. The first-order valence-corrected chi connectivity index (χ1v) is 8.82. The van der Waals surface area contributed by atoms with Crippen molar-refractivity contribution >= 4 is 23.3 Å². The largest absolute Gasteiger partial charge is 0.476 e. The standard InChI is InChI=1S/C20H18N4O6/c1-12-5-13(2)7-16(6-12)30-17-9-14(8-15(10-17)24(28)29)21-19(25)11-23-4-3-18(22-23)20(26)27/h3-10H,11H2,1-2H3,(H,21,25)(H,26,27). The van der Waals surface area contributed by atoms with Gasteiger partial charge in [-0.15, -0.1) is 0 Å². The Morgan fingerprint density at radius 3 is 2.40 bits per heavy atom. The SMILES string of the molecule is Cc1cc(C)cc(Oc2cc(NC(=O)Cn3ccc(C(=O)O)n3)cc([N+](=O)[O-])c2)c1. The Bertz CT molecular complexity index is 1120. The van der Waals surface area contributed by atoms with E-state index in [2.05, 4.69) is 10.4 Å². The highest BCUT2D eigenvalue weighted by Crippen LogP contribution is 2.30. The molecular formula is C20H18N4O6. The van der Waals surface area contributed by atoms with E-state index >= 15 is 0 Å². The van der Waals surface area contributed by atoms with Gasteiger partial charge in [0.1, 0.15) is 18.0 Å². The summed E-state index contributed by atoms with van der Waals surface area (Å²) in [6.45, 7) is 3.55. The highest BCUT2D eigenvalue weighted by molar-refractivity contribution is 5.91. The van der Waals surface area contributed by atoms with E-state index in [0.29, 0.717) is 5.75 Å². The Balaban J connectivity index is 1.80. The van der Waals surface area contributed by atoms with Crippen LogP contribution in [0.5, 0.6) is 11.5 Å². The smallest absolute Gasteiger partial charge is 0.356 e. The second-order valence-corrected chi connectivity index (χ2v) is 6.65. The summed E-state index contributed by atoms with van der Waals surface area (Å²) in [6, 6.07) is 10.8. The molecule has 3 aromatic rings. The monoisotopic (exact) mass is 410 g/mol. The molecule has 30 heavy (non-hydrogen) atoms. The number of ether oxygens (including phenoxy) is 1. The van der Waals surface area contributed by atoms with Gasteiger partial charge in [-0.1, -0.05) is 6.07 Å². The van der Waals surface area contributed by atoms with Crippen LogP contribution in [0.25, 0.3) is 0 Å². The number of nitro benzene ring substituents is 1. The number of non-ortho nitro benzene ring substituents is 1. The second kappa shape index (κ2) is 8.43. The number of carbonyl (C=O) groups excluding carboxylic acids is 1. The minimum absolute atomic E-state index is 0.166. The fraction of sp³-hybridized carbons (Fsp3) is 0.150. The number of hydrogen-bond acceptors (Lipinski definition) is 6. The summed E-state index contributed by atoms with van der Waals surface area (Å²) in [6.07, 6.45) is 1.35. The number of nitrogens with one attached hydrogen (secondary N) is 1. The van der Waals surface area contributed by atoms with E-state index in [9.17, 15) is 19.7 Å². The van der Waals surface area contributed by atoms with Gasteiger partial charge >= 0.3 is 5.97 Å². The summed E-state index contributed by atoms with van der Waals surface area (Å²) >= 11 is 0. The molecule has 0 saturated carbocycles. The van der Waals surface area contributed by atoms with Gasteiger partial charge in [-0.05, 0) is 43.2 Å². The number of anilines is 1. The maximum Gasteiger partial charge on any atom is 0.356 e. The van der Waals surface area contributed by atoms with Crippen molar-refractivity contribution in [3.63, 3.8) is 0 Å². The first kappa shape index (κ1) is 20.5. The maximum absolute atomic E-state index is 12.3. The summed E-state index contributed by atoms with van der Waals surface area (Å²) in [5.41, 5.74) is 1.67. The van der Waals surface area contributed by atoms with Crippen LogP contribution in [-0.4, -0.2) is 31.7 Å². The molecule has 0 spiro atoms. The topological polar surface area (TPSA) is 137 Å². The highest BCUT2D eigenvalue weighted by Gasteiger charge is 2.15. The van der Waals surface area contributed by atoms with Crippen molar-refractivity contribution in [1.29, 1.82) is 0 Å². The van der Waals surface area contributed by atoms with Crippen molar-refractivity contribution < 1.29 is 24.4 Å². The summed E-state index contributed by atoms with van der Waals surface area (Å²) < 4.78 is 6.92. The van der Waals surface area contributed by atoms with Crippen LogP contribution in [-0.2, 0) is 11.3 Å². The fourth-order valence-corrected chi connectivity index (χ4v) is 2.86. The Labute approximate surface area is 170 Å². The molecule has 1 amide bonds. The number of nitro groups is 1. The Hall–Kier alpha value is -4.21. The van der Waals surface area contributed by atoms with Crippen molar-refractivity contribution in [2.45, 2.75) is 20.4 Å². The molecule has 0 radical (unpaired) electrons. The van der Waals surface area contributed by atoms with Crippen LogP contribution in [0.15, 0.2) is 48.7 Å². The number of amides is 1. The number of carboxylic acids is 1. The molecule has 0 aliphatic carbocycles. The molecule has 0 unspecified atom stereocenters. The molecule has 154 valence electrons. The van der Waals surface area contributed by atoms with Crippen LogP contribution < -0.4 is 10.1 Å². The molecule has 0 aliphatic heterocycles. The van der Waals surface area contributed by atoms with Gasteiger partial charge < -0.3 is 15.2 Å². The lowest BCUT2D eigenvalue weighted by atomic mass is 10.1. The predicted octanol–water partition coefficient (Wildman–Crippen LogP) is 3.54. The lowest BCUT2D eigenvalue weighted by Gasteiger charge is -2.11. The molecule has 0 fully saturated rings. The first-order chi connectivity index (χ1) is 14.2. The van der Waals surface area contributed by atoms with Crippen LogP contribution in [0.2, 0.25) is 0 Å². The molecule has 1 aromatic heterocycles. The van der Waals surface area contributed by atoms with Crippen molar-refractivity contribution in [3.8, 4) is 11.5 Å².